The van der Waals surface area contributed by atoms with Gasteiger partial charge in [-0.3, -0.25) is 0 Å². The van der Waals surface area contributed by atoms with Crippen molar-refractivity contribution in [1.82, 2.24) is 19.1 Å². The lowest BCUT2D eigenvalue weighted by Crippen LogP contribution is -2.44. The molecule has 0 N–H and O–H groups in total. The summed E-state index contributed by atoms with van der Waals surface area (Å²) in [4.78, 5) is 0. The highest BCUT2D eigenvalue weighted by molar-refractivity contribution is 7.89. The second kappa shape index (κ2) is 9.56. The molecule has 0 radical (unpaired) electrons. The summed E-state index contributed by atoms with van der Waals surface area (Å²) in [5, 5.41) is 17.4. The van der Waals surface area contributed by atoms with Gasteiger partial charge in [0.25, 0.3) is 0 Å². The maximum absolute atomic E-state index is 13.5. The van der Waals surface area contributed by atoms with Crippen molar-refractivity contribution in [3.63, 3.8) is 0 Å². The van der Waals surface area contributed by atoms with Crippen LogP contribution >= 0.6 is 0 Å². The van der Waals surface area contributed by atoms with E-state index in [1.165, 1.54) is 0 Å². The van der Waals surface area contributed by atoms with Gasteiger partial charge in [0.2, 0.25) is 10.0 Å². The van der Waals surface area contributed by atoms with Crippen molar-refractivity contribution in [2.75, 3.05) is 0 Å². The Morgan fingerprint density at radius 1 is 0.971 bits per heavy atom. The average Bonchev–Trinajstić information content (AvgIpc) is 3.42. The van der Waals surface area contributed by atoms with Crippen molar-refractivity contribution in [2.24, 2.45) is 0 Å². The first kappa shape index (κ1) is 23.7. The topological polar surface area (TPSA) is 91.9 Å². The highest BCUT2D eigenvalue weighted by atomic mass is 32.2. The molecule has 2 atom stereocenters. The van der Waals surface area contributed by atoms with E-state index in [0.717, 1.165) is 48.8 Å². The molecule has 2 heterocycles. The molecule has 5 rings (SSSR count). The van der Waals surface area contributed by atoms with Crippen LogP contribution in [0.25, 0.3) is 0 Å². The van der Waals surface area contributed by atoms with Crippen molar-refractivity contribution in [3.8, 4) is 6.07 Å². The van der Waals surface area contributed by atoms with Crippen molar-refractivity contribution in [3.05, 3.63) is 83.9 Å². The zero-order valence-corrected chi connectivity index (χ0v) is 20.8. The third-order valence-electron chi connectivity index (χ3n) is 7.92. The summed E-state index contributed by atoms with van der Waals surface area (Å²) in [7, 11) is -3.47. The van der Waals surface area contributed by atoms with E-state index in [4.69, 9.17) is 0 Å². The minimum absolute atomic E-state index is 0.0435. The first-order chi connectivity index (χ1) is 16.9. The quantitative estimate of drug-likeness (QED) is 0.508. The second-order valence-corrected chi connectivity index (χ2v) is 12.0. The fraction of sp³-hybridized carbons (Fsp3) is 0.444. The molecule has 8 heteroatoms. The molecule has 1 unspecified atom stereocenters. The van der Waals surface area contributed by atoms with Crippen LogP contribution < -0.4 is 0 Å². The maximum atomic E-state index is 13.5. The standard InChI is InChI=1S/C27H31N5O2S/c1-21-7-12-26(23-5-3-2-4-6-23)35(33,34)32(21)17-22-8-10-24(11-9-22)27(18-28)15-13-25(14-16-27)31-19-29-30-20-31/h2-6,8-11,19-21,25-26H,7,12-17H2,1H3/t21-,25?,26?,27?/m0/s1. The zero-order chi connectivity index (χ0) is 24.5. The molecule has 0 amide bonds. The monoisotopic (exact) mass is 489 g/mol. The first-order valence-electron chi connectivity index (χ1n) is 12.3. The molecule has 0 spiro atoms. The molecule has 2 fully saturated rings. The van der Waals surface area contributed by atoms with E-state index in [2.05, 4.69) is 16.3 Å². The van der Waals surface area contributed by atoms with Crippen molar-refractivity contribution < 1.29 is 8.42 Å². The minimum atomic E-state index is -3.47. The number of hydrogen-bond acceptors (Lipinski definition) is 5. The summed E-state index contributed by atoms with van der Waals surface area (Å²) in [5.74, 6) is 0. The normalized spacial score (nSPS) is 28.9. The van der Waals surface area contributed by atoms with Gasteiger partial charge >= 0.3 is 0 Å². The summed E-state index contributed by atoms with van der Waals surface area (Å²) in [5.41, 5.74) is 2.32. The van der Waals surface area contributed by atoms with Gasteiger partial charge in [0.1, 0.15) is 17.9 Å². The van der Waals surface area contributed by atoms with E-state index in [-0.39, 0.29) is 6.04 Å². The van der Waals surface area contributed by atoms with Crippen LogP contribution in [0.3, 0.4) is 0 Å². The van der Waals surface area contributed by atoms with Gasteiger partial charge < -0.3 is 4.57 Å². The fourth-order valence-electron chi connectivity index (χ4n) is 5.72. The van der Waals surface area contributed by atoms with Crippen molar-refractivity contribution in [1.29, 1.82) is 5.26 Å². The number of benzene rings is 2. The Bertz CT molecular complexity index is 1280. The van der Waals surface area contributed by atoms with Crippen LogP contribution in [0.1, 0.15) is 73.4 Å². The molecule has 2 aliphatic rings. The molecule has 1 aromatic heterocycles. The first-order valence-corrected chi connectivity index (χ1v) is 13.8. The zero-order valence-electron chi connectivity index (χ0n) is 20.0. The molecule has 7 nitrogen and oxygen atoms in total. The van der Waals surface area contributed by atoms with Crippen LogP contribution in [0.15, 0.2) is 67.3 Å². The van der Waals surface area contributed by atoms with Crippen LogP contribution in [0, 0.1) is 11.3 Å². The molecule has 35 heavy (non-hydrogen) atoms. The molecule has 1 saturated carbocycles. The van der Waals surface area contributed by atoms with E-state index in [9.17, 15) is 13.7 Å². The summed E-state index contributed by atoms with van der Waals surface area (Å²) in [6.07, 6.45) is 8.33. The lowest BCUT2D eigenvalue weighted by molar-refractivity contribution is 0.277. The number of aromatic nitrogens is 3. The molecule has 1 aliphatic carbocycles. The van der Waals surface area contributed by atoms with Gasteiger partial charge in [-0.1, -0.05) is 54.6 Å². The maximum Gasteiger partial charge on any atom is 0.221 e. The summed E-state index contributed by atoms with van der Waals surface area (Å²) in [6, 6.07) is 20.4. The van der Waals surface area contributed by atoms with E-state index in [0.29, 0.717) is 19.0 Å². The summed E-state index contributed by atoms with van der Waals surface area (Å²) < 4.78 is 30.8. The van der Waals surface area contributed by atoms with Gasteiger partial charge in [0, 0.05) is 18.6 Å². The van der Waals surface area contributed by atoms with Crippen LogP contribution in [0.2, 0.25) is 0 Å². The fourth-order valence-corrected chi connectivity index (χ4v) is 7.91. The SMILES string of the molecule is C[C@H]1CCC(c2ccccc2)S(=O)(=O)N1Cc1ccc(C2(C#N)CCC(n3cnnc3)CC2)cc1. The third-order valence-corrected chi connectivity index (χ3v) is 10.3. The van der Waals surface area contributed by atoms with E-state index in [1.54, 1.807) is 17.0 Å². The smallest absolute Gasteiger partial charge is 0.221 e. The molecule has 1 saturated heterocycles. The van der Waals surface area contributed by atoms with Gasteiger partial charge in [0.15, 0.2) is 0 Å². The second-order valence-electron chi connectivity index (χ2n) is 9.95. The molecule has 2 aromatic carbocycles. The largest absolute Gasteiger partial charge is 0.317 e. The number of nitrogens with zero attached hydrogens (tertiary/aromatic N) is 5. The Hall–Kier alpha value is -3.02. The third kappa shape index (κ3) is 4.51. The summed E-state index contributed by atoms with van der Waals surface area (Å²) >= 11 is 0. The number of sulfonamides is 1. The van der Waals surface area contributed by atoms with Gasteiger partial charge in [0.05, 0.1) is 11.5 Å². The van der Waals surface area contributed by atoms with Crippen molar-refractivity contribution >= 4 is 10.0 Å². The van der Waals surface area contributed by atoms with Crippen LogP contribution in [-0.4, -0.2) is 33.5 Å². The predicted octanol–water partition coefficient (Wildman–Crippen LogP) is 4.91. The highest BCUT2D eigenvalue weighted by Gasteiger charge is 2.41. The van der Waals surface area contributed by atoms with E-state index < -0.39 is 20.7 Å². The Morgan fingerprint density at radius 3 is 2.26 bits per heavy atom. The molecule has 0 bridgehead atoms. The van der Waals surface area contributed by atoms with Gasteiger partial charge in [-0.25, -0.2) is 8.42 Å². The van der Waals surface area contributed by atoms with Crippen molar-refractivity contribution in [2.45, 2.75) is 74.7 Å². The molecule has 1 aliphatic heterocycles. The van der Waals surface area contributed by atoms with Gasteiger partial charge in [-0.05, 0) is 62.1 Å². The van der Waals surface area contributed by atoms with Gasteiger partial charge in [-0.2, -0.15) is 9.57 Å². The van der Waals surface area contributed by atoms with E-state index >= 15 is 0 Å². The Morgan fingerprint density at radius 2 is 1.63 bits per heavy atom. The van der Waals surface area contributed by atoms with E-state index in [1.807, 2.05) is 66.1 Å². The minimum Gasteiger partial charge on any atom is -0.317 e. The van der Waals surface area contributed by atoms with Crippen LogP contribution in [0.5, 0.6) is 0 Å². The molecule has 3 aromatic rings. The highest BCUT2D eigenvalue weighted by Crippen LogP contribution is 2.43. The van der Waals surface area contributed by atoms with Crippen LogP contribution in [0.4, 0.5) is 0 Å². The number of nitriles is 1. The molecule has 182 valence electrons. The Balaban J connectivity index is 1.32. The number of rotatable bonds is 5. The molecular formula is C27H31N5O2S. The Labute approximate surface area is 207 Å². The van der Waals surface area contributed by atoms with Crippen LogP contribution in [-0.2, 0) is 22.0 Å². The Kier molecular flexibility index (Phi) is 6.47. The lowest BCUT2D eigenvalue weighted by Gasteiger charge is -2.38. The van der Waals surface area contributed by atoms with Gasteiger partial charge in [-0.15, -0.1) is 10.2 Å². The number of hydrogen-bond donors (Lipinski definition) is 0. The lowest BCUT2D eigenvalue weighted by atomic mass is 9.69. The predicted molar refractivity (Wildman–Crippen MR) is 134 cm³/mol. The molecular weight excluding hydrogens is 458 g/mol. The average molecular weight is 490 g/mol. The summed E-state index contributed by atoms with van der Waals surface area (Å²) in [6.45, 7) is 2.34.